The van der Waals surface area contributed by atoms with Crippen LogP contribution in [-0.4, -0.2) is 23.2 Å². The van der Waals surface area contributed by atoms with E-state index in [0.717, 1.165) is 16.0 Å². The average molecular weight is 294 g/mol. The van der Waals surface area contributed by atoms with Crippen molar-refractivity contribution < 1.29 is 4.79 Å². The topological polar surface area (TPSA) is 20.3 Å². The fourth-order valence-corrected chi connectivity index (χ4v) is 2.99. The third-order valence-electron chi connectivity index (χ3n) is 2.91. The van der Waals surface area contributed by atoms with E-state index in [1.807, 2.05) is 48.7 Å². The lowest BCUT2D eigenvalue weighted by Gasteiger charge is -2.21. The highest BCUT2D eigenvalue weighted by Crippen LogP contribution is 2.19. The Morgan fingerprint density at radius 3 is 2.58 bits per heavy atom. The number of nitrogens with zero attached hydrogens (tertiary/aromatic N) is 1. The Bertz CT molecular complexity index is 538. The fraction of sp³-hybridized carbons (Fsp3) is 0.267. The zero-order chi connectivity index (χ0) is 13.7. The number of benzene rings is 1. The van der Waals surface area contributed by atoms with Crippen LogP contribution in [-0.2, 0) is 6.54 Å². The lowest BCUT2D eigenvalue weighted by molar-refractivity contribution is 0.0758. The van der Waals surface area contributed by atoms with Crippen molar-refractivity contribution >= 4 is 28.8 Å². The number of amides is 1. The van der Waals surface area contributed by atoms with Gasteiger partial charge < -0.3 is 4.90 Å². The molecule has 0 radical (unpaired) electrons. The van der Waals surface area contributed by atoms with E-state index in [1.54, 1.807) is 4.90 Å². The van der Waals surface area contributed by atoms with Gasteiger partial charge in [0.1, 0.15) is 0 Å². The highest BCUT2D eigenvalue weighted by atomic mass is 35.5. The molecule has 0 aliphatic heterocycles. The van der Waals surface area contributed by atoms with Crippen LogP contribution in [0.5, 0.6) is 0 Å². The molecule has 2 nitrogen and oxygen atoms in total. The smallest absolute Gasteiger partial charge is 0.264 e. The van der Waals surface area contributed by atoms with Gasteiger partial charge in [0.25, 0.3) is 5.91 Å². The molecule has 0 spiro atoms. The molecule has 0 aliphatic rings. The van der Waals surface area contributed by atoms with Crippen LogP contribution in [0.2, 0.25) is 0 Å². The molecular formula is C15H16ClNOS. The van der Waals surface area contributed by atoms with Gasteiger partial charge in [0.15, 0.2) is 0 Å². The Labute approximate surface area is 122 Å². The van der Waals surface area contributed by atoms with Crippen molar-refractivity contribution in [3.05, 3.63) is 57.8 Å². The van der Waals surface area contributed by atoms with E-state index in [-0.39, 0.29) is 5.91 Å². The minimum absolute atomic E-state index is 0.0667. The Morgan fingerprint density at radius 1 is 1.26 bits per heavy atom. The Kier molecular flexibility index (Phi) is 5.00. The minimum atomic E-state index is 0.0667. The number of aryl methyl sites for hydroxylation is 1. The summed E-state index contributed by atoms with van der Waals surface area (Å²) in [6, 6.07) is 12.0. The first-order chi connectivity index (χ1) is 9.22. The Hall–Kier alpha value is -1.32. The molecule has 2 rings (SSSR count). The first-order valence-corrected chi connectivity index (χ1v) is 7.57. The predicted octanol–water partition coefficient (Wildman–Crippen LogP) is 3.94. The van der Waals surface area contributed by atoms with Gasteiger partial charge in [-0.3, -0.25) is 4.79 Å². The van der Waals surface area contributed by atoms with Crippen LogP contribution in [0.15, 0.2) is 41.8 Å². The average Bonchev–Trinajstić information content (AvgIpc) is 2.85. The molecule has 0 N–H and O–H groups in total. The van der Waals surface area contributed by atoms with Crippen molar-refractivity contribution in [3.63, 3.8) is 0 Å². The van der Waals surface area contributed by atoms with E-state index in [1.165, 1.54) is 11.3 Å². The van der Waals surface area contributed by atoms with Crippen molar-refractivity contribution in [1.82, 2.24) is 4.90 Å². The summed E-state index contributed by atoms with van der Waals surface area (Å²) in [7, 11) is 0. The molecule has 0 saturated heterocycles. The summed E-state index contributed by atoms with van der Waals surface area (Å²) in [5, 5.41) is 1.95. The third-order valence-corrected chi connectivity index (χ3v) is 4.09. The van der Waals surface area contributed by atoms with Gasteiger partial charge in [-0.05, 0) is 29.5 Å². The third kappa shape index (κ3) is 3.58. The number of alkyl halides is 1. The first-order valence-electron chi connectivity index (χ1n) is 6.15. The summed E-state index contributed by atoms with van der Waals surface area (Å²) >= 11 is 7.31. The zero-order valence-electron chi connectivity index (χ0n) is 10.8. The van der Waals surface area contributed by atoms with Crippen LogP contribution in [0, 0.1) is 6.92 Å². The van der Waals surface area contributed by atoms with Crippen molar-refractivity contribution in [2.75, 3.05) is 12.4 Å². The van der Waals surface area contributed by atoms with Gasteiger partial charge in [0, 0.05) is 19.0 Å². The first kappa shape index (κ1) is 14.1. The molecule has 4 heteroatoms. The van der Waals surface area contributed by atoms with Gasteiger partial charge in [-0.25, -0.2) is 0 Å². The largest absolute Gasteiger partial charge is 0.332 e. The van der Waals surface area contributed by atoms with Crippen LogP contribution in [0.4, 0.5) is 0 Å². The molecule has 0 atom stereocenters. The molecule has 0 saturated carbocycles. The summed E-state index contributed by atoms with van der Waals surface area (Å²) in [6.07, 6.45) is 0. The number of carbonyl (C=O) groups excluding carboxylic acids is 1. The van der Waals surface area contributed by atoms with E-state index < -0.39 is 0 Å². The van der Waals surface area contributed by atoms with Gasteiger partial charge in [-0.1, -0.05) is 30.3 Å². The van der Waals surface area contributed by atoms with Crippen LogP contribution in [0.1, 0.15) is 20.8 Å². The summed E-state index contributed by atoms with van der Waals surface area (Å²) in [5.41, 5.74) is 2.15. The quantitative estimate of drug-likeness (QED) is 0.765. The van der Waals surface area contributed by atoms with Crippen molar-refractivity contribution in [2.24, 2.45) is 0 Å². The molecule has 1 aromatic heterocycles. The Balaban J connectivity index is 2.16. The van der Waals surface area contributed by atoms with Gasteiger partial charge in [-0.15, -0.1) is 22.9 Å². The van der Waals surface area contributed by atoms with Crippen molar-refractivity contribution in [3.8, 4) is 0 Å². The van der Waals surface area contributed by atoms with Gasteiger partial charge in [0.05, 0.1) is 4.88 Å². The summed E-state index contributed by atoms with van der Waals surface area (Å²) in [6.45, 7) is 3.13. The lowest BCUT2D eigenvalue weighted by Crippen LogP contribution is -2.32. The second kappa shape index (κ2) is 6.73. The van der Waals surface area contributed by atoms with Crippen LogP contribution in [0.25, 0.3) is 0 Å². The molecule has 0 unspecified atom stereocenters. The molecular weight excluding hydrogens is 278 g/mol. The highest BCUT2D eigenvalue weighted by molar-refractivity contribution is 7.12. The number of hydrogen-bond donors (Lipinski definition) is 0. The molecule has 0 fully saturated rings. The minimum Gasteiger partial charge on any atom is -0.332 e. The van der Waals surface area contributed by atoms with E-state index >= 15 is 0 Å². The zero-order valence-corrected chi connectivity index (χ0v) is 12.4. The van der Waals surface area contributed by atoms with E-state index in [4.69, 9.17) is 11.6 Å². The van der Waals surface area contributed by atoms with Gasteiger partial charge in [0.2, 0.25) is 0 Å². The summed E-state index contributed by atoms with van der Waals surface area (Å²) < 4.78 is 0. The number of halogens is 1. The molecule has 2 aromatic rings. The highest BCUT2D eigenvalue weighted by Gasteiger charge is 2.18. The molecule has 1 aromatic carbocycles. The Morgan fingerprint density at radius 2 is 2.00 bits per heavy atom. The fourth-order valence-electron chi connectivity index (χ4n) is 1.89. The maximum Gasteiger partial charge on any atom is 0.264 e. The van der Waals surface area contributed by atoms with Gasteiger partial charge >= 0.3 is 0 Å². The predicted molar refractivity (Wildman–Crippen MR) is 81.0 cm³/mol. The second-order valence-electron chi connectivity index (χ2n) is 4.33. The standard InChI is InChI=1S/C15H16ClNOS/c1-12-7-10-19-14(12)15(18)17(9-8-16)11-13-5-3-2-4-6-13/h2-7,10H,8-9,11H2,1H3. The van der Waals surface area contributed by atoms with Crippen LogP contribution in [0.3, 0.4) is 0 Å². The van der Waals surface area contributed by atoms with E-state index in [0.29, 0.717) is 19.0 Å². The molecule has 1 amide bonds. The van der Waals surface area contributed by atoms with E-state index in [2.05, 4.69) is 0 Å². The number of thiophene rings is 1. The normalized spacial score (nSPS) is 10.4. The van der Waals surface area contributed by atoms with Crippen LogP contribution < -0.4 is 0 Å². The second-order valence-corrected chi connectivity index (χ2v) is 5.63. The van der Waals surface area contributed by atoms with Crippen molar-refractivity contribution in [2.45, 2.75) is 13.5 Å². The van der Waals surface area contributed by atoms with Gasteiger partial charge in [-0.2, -0.15) is 0 Å². The molecule has 0 bridgehead atoms. The van der Waals surface area contributed by atoms with Crippen LogP contribution >= 0.6 is 22.9 Å². The summed E-state index contributed by atoms with van der Waals surface area (Å²) in [5.74, 6) is 0.514. The molecule has 1 heterocycles. The SMILES string of the molecule is Cc1ccsc1C(=O)N(CCCl)Cc1ccccc1. The number of carbonyl (C=O) groups is 1. The maximum absolute atomic E-state index is 12.5. The number of rotatable bonds is 5. The molecule has 100 valence electrons. The molecule has 19 heavy (non-hydrogen) atoms. The monoisotopic (exact) mass is 293 g/mol. The lowest BCUT2D eigenvalue weighted by atomic mass is 10.2. The van der Waals surface area contributed by atoms with Crippen molar-refractivity contribution in [1.29, 1.82) is 0 Å². The summed E-state index contributed by atoms with van der Waals surface area (Å²) in [4.78, 5) is 15.1. The maximum atomic E-state index is 12.5. The number of hydrogen-bond acceptors (Lipinski definition) is 2. The van der Waals surface area contributed by atoms with E-state index in [9.17, 15) is 4.79 Å². The molecule has 0 aliphatic carbocycles.